The van der Waals surface area contributed by atoms with Crippen LogP contribution in [-0.2, 0) is 0 Å². The summed E-state index contributed by atoms with van der Waals surface area (Å²) in [6, 6.07) is 23.9. The summed E-state index contributed by atoms with van der Waals surface area (Å²) in [6.45, 7) is 3.81. The number of rotatable bonds is 5. The van der Waals surface area contributed by atoms with Gasteiger partial charge in [-0.15, -0.1) is 0 Å². The largest absolute Gasteiger partial charge is 0.457 e. The molecule has 0 spiro atoms. The Kier molecular flexibility index (Phi) is 4.52. The molecule has 0 amide bonds. The fourth-order valence-corrected chi connectivity index (χ4v) is 2.55. The summed E-state index contributed by atoms with van der Waals surface area (Å²) >= 11 is 0. The van der Waals surface area contributed by atoms with Crippen molar-refractivity contribution in [1.82, 2.24) is 0 Å². The molecule has 0 aliphatic rings. The van der Waals surface area contributed by atoms with Crippen LogP contribution < -0.4 is 15.8 Å². The number of nitrogens with two attached hydrogens (primary N) is 1. The third-order valence-corrected chi connectivity index (χ3v) is 3.80. The summed E-state index contributed by atoms with van der Waals surface area (Å²) in [4.78, 5) is 0. The zero-order valence-electron chi connectivity index (χ0n) is 13.6. The Morgan fingerprint density at radius 2 is 1.50 bits per heavy atom. The molecule has 3 aromatic carbocycles. The van der Waals surface area contributed by atoms with E-state index in [0.717, 1.165) is 33.9 Å². The van der Waals surface area contributed by atoms with Crippen molar-refractivity contribution < 1.29 is 4.74 Å². The minimum atomic E-state index is 0.553. The molecule has 0 saturated carbocycles. The van der Waals surface area contributed by atoms with Crippen LogP contribution in [0.3, 0.4) is 0 Å². The normalized spacial score (nSPS) is 10.2. The van der Waals surface area contributed by atoms with Gasteiger partial charge in [0.1, 0.15) is 11.5 Å². The van der Waals surface area contributed by atoms with Gasteiger partial charge in [-0.1, -0.05) is 49.0 Å². The van der Waals surface area contributed by atoms with Gasteiger partial charge in [0, 0.05) is 24.0 Å². The van der Waals surface area contributed by atoms with E-state index in [0.29, 0.717) is 5.70 Å². The summed E-state index contributed by atoms with van der Waals surface area (Å²) < 4.78 is 5.82. The van der Waals surface area contributed by atoms with Gasteiger partial charge in [-0.05, 0) is 41.5 Å². The maximum Gasteiger partial charge on any atom is 0.127 e. The topological polar surface area (TPSA) is 47.3 Å². The van der Waals surface area contributed by atoms with Gasteiger partial charge in [0.05, 0.1) is 0 Å². The molecule has 0 atom stereocenters. The Balaban J connectivity index is 1.84. The zero-order valence-corrected chi connectivity index (χ0v) is 13.6. The molecule has 0 unspecified atom stereocenters. The SMILES string of the molecule is C=C(N)c1ccc(-c2ccc(Oc3ccccc3)cc2)cc1NC. The van der Waals surface area contributed by atoms with E-state index in [1.165, 1.54) is 0 Å². The monoisotopic (exact) mass is 316 g/mol. The van der Waals surface area contributed by atoms with Crippen LogP contribution in [0.25, 0.3) is 16.8 Å². The van der Waals surface area contributed by atoms with E-state index in [4.69, 9.17) is 10.5 Å². The highest BCUT2D eigenvalue weighted by Crippen LogP contribution is 2.29. The van der Waals surface area contributed by atoms with Crippen molar-refractivity contribution in [3.05, 3.63) is 84.9 Å². The first-order valence-corrected chi connectivity index (χ1v) is 7.77. The van der Waals surface area contributed by atoms with Gasteiger partial charge < -0.3 is 15.8 Å². The summed E-state index contributed by atoms with van der Waals surface area (Å²) in [5, 5.41) is 3.17. The standard InChI is InChI=1S/C21H20N2O/c1-15(22)20-13-10-17(14-21(20)23-2)16-8-11-19(12-9-16)24-18-6-4-3-5-7-18/h3-14,23H,1,22H2,2H3. The van der Waals surface area contributed by atoms with Crippen LogP contribution in [-0.4, -0.2) is 7.05 Å². The Labute approximate surface area is 142 Å². The van der Waals surface area contributed by atoms with Gasteiger partial charge in [-0.2, -0.15) is 0 Å². The zero-order chi connectivity index (χ0) is 16.9. The number of anilines is 1. The summed E-state index contributed by atoms with van der Waals surface area (Å²) in [7, 11) is 1.88. The molecular formula is C21H20N2O. The van der Waals surface area contributed by atoms with Gasteiger partial charge >= 0.3 is 0 Å². The number of hydrogen-bond donors (Lipinski definition) is 2. The van der Waals surface area contributed by atoms with Gasteiger partial charge in [0.2, 0.25) is 0 Å². The molecule has 3 aromatic rings. The molecule has 3 heteroatoms. The van der Waals surface area contributed by atoms with Gasteiger partial charge in [-0.25, -0.2) is 0 Å². The van der Waals surface area contributed by atoms with Crippen LogP contribution in [0, 0.1) is 0 Å². The van der Waals surface area contributed by atoms with E-state index < -0.39 is 0 Å². The smallest absolute Gasteiger partial charge is 0.127 e. The molecule has 0 fully saturated rings. The molecule has 0 heterocycles. The fraction of sp³-hybridized carbons (Fsp3) is 0.0476. The predicted octanol–water partition coefficient (Wildman–Crippen LogP) is 5.12. The third kappa shape index (κ3) is 3.41. The third-order valence-electron chi connectivity index (χ3n) is 3.80. The highest BCUT2D eigenvalue weighted by Gasteiger charge is 2.06. The van der Waals surface area contributed by atoms with Crippen LogP contribution in [0.1, 0.15) is 5.56 Å². The second-order valence-corrected chi connectivity index (χ2v) is 5.48. The van der Waals surface area contributed by atoms with Gasteiger partial charge in [-0.3, -0.25) is 0 Å². The molecular weight excluding hydrogens is 296 g/mol. The minimum absolute atomic E-state index is 0.553. The number of para-hydroxylation sites is 1. The maximum atomic E-state index is 5.82. The molecule has 0 bridgehead atoms. The van der Waals surface area contributed by atoms with Crippen molar-refractivity contribution in [2.45, 2.75) is 0 Å². The molecule has 0 aliphatic carbocycles. The second-order valence-electron chi connectivity index (χ2n) is 5.48. The summed E-state index contributed by atoms with van der Waals surface area (Å²) in [6.07, 6.45) is 0. The fourth-order valence-electron chi connectivity index (χ4n) is 2.55. The number of benzene rings is 3. The van der Waals surface area contributed by atoms with E-state index >= 15 is 0 Å². The lowest BCUT2D eigenvalue weighted by Gasteiger charge is -2.12. The molecule has 120 valence electrons. The molecule has 3 N–H and O–H groups in total. The van der Waals surface area contributed by atoms with Crippen molar-refractivity contribution in [1.29, 1.82) is 0 Å². The first-order chi connectivity index (χ1) is 11.7. The first kappa shape index (κ1) is 15.7. The quantitative estimate of drug-likeness (QED) is 0.687. The number of hydrogen-bond acceptors (Lipinski definition) is 3. The maximum absolute atomic E-state index is 5.82. The Morgan fingerprint density at radius 3 is 2.12 bits per heavy atom. The molecule has 3 rings (SSSR count). The molecule has 0 saturated heterocycles. The van der Waals surface area contributed by atoms with Crippen molar-refractivity contribution in [2.24, 2.45) is 5.73 Å². The van der Waals surface area contributed by atoms with Crippen LogP contribution in [0.4, 0.5) is 5.69 Å². The van der Waals surface area contributed by atoms with Gasteiger partial charge in [0.25, 0.3) is 0 Å². The van der Waals surface area contributed by atoms with E-state index in [2.05, 4.69) is 18.0 Å². The van der Waals surface area contributed by atoms with E-state index in [1.807, 2.05) is 73.8 Å². The van der Waals surface area contributed by atoms with Crippen LogP contribution in [0.5, 0.6) is 11.5 Å². The Hall–Kier alpha value is -3.20. The summed E-state index contributed by atoms with van der Waals surface area (Å²) in [5.74, 6) is 1.64. The number of ether oxygens (including phenoxy) is 1. The second kappa shape index (κ2) is 6.92. The van der Waals surface area contributed by atoms with E-state index in [1.54, 1.807) is 0 Å². The van der Waals surface area contributed by atoms with E-state index in [-0.39, 0.29) is 0 Å². The molecule has 3 nitrogen and oxygen atoms in total. The highest BCUT2D eigenvalue weighted by molar-refractivity contribution is 5.79. The van der Waals surface area contributed by atoms with Crippen molar-refractivity contribution in [2.75, 3.05) is 12.4 Å². The van der Waals surface area contributed by atoms with Crippen molar-refractivity contribution in [3.8, 4) is 22.6 Å². The summed E-state index contributed by atoms with van der Waals surface area (Å²) in [5.41, 5.74) is 10.5. The van der Waals surface area contributed by atoms with Crippen LogP contribution in [0.2, 0.25) is 0 Å². The van der Waals surface area contributed by atoms with Crippen molar-refractivity contribution in [3.63, 3.8) is 0 Å². The lowest BCUT2D eigenvalue weighted by molar-refractivity contribution is 0.483. The average molecular weight is 316 g/mol. The van der Waals surface area contributed by atoms with Gasteiger partial charge in [0.15, 0.2) is 0 Å². The highest BCUT2D eigenvalue weighted by atomic mass is 16.5. The lowest BCUT2D eigenvalue weighted by Crippen LogP contribution is -2.00. The van der Waals surface area contributed by atoms with Crippen LogP contribution in [0.15, 0.2) is 79.4 Å². The molecule has 0 aromatic heterocycles. The minimum Gasteiger partial charge on any atom is -0.457 e. The molecule has 0 aliphatic heterocycles. The predicted molar refractivity (Wildman–Crippen MR) is 101 cm³/mol. The number of nitrogens with one attached hydrogen (secondary N) is 1. The first-order valence-electron chi connectivity index (χ1n) is 7.77. The lowest BCUT2D eigenvalue weighted by atomic mass is 10.0. The molecule has 24 heavy (non-hydrogen) atoms. The average Bonchev–Trinajstić information content (AvgIpc) is 2.62. The van der Waals surface area contributed by atoms with Crippen LogP contribution >= 0.6 is 0 Å². The van der Waals surface area contributed by atoms with E-state index in [9.17, 15) is 0 Å². The Bertz CT molecular complexity index is 839. The Morgan fingerprint density at radius 1 is 0.875 bits per heavy atom. The molecule has 0 radical (unpaired) electrons. The van der Waals surface area contributed by atoms with Crippen molar-refractivity contribution >= 4 is 11.4 Å².